The molecule has 0 unspecified atom stereocenters. The Morgan fingerprint density at radius 1 is 1.33 bits per heavy atom. The molecule has 33 heavy (non-hydrogen) atoms. The van der Waals surface area contributed by atoms with Gasteiger partial charge in [0.15, 0.2) is 4.87 Å². The Morgan fingerprint density at radius 3 is 2.79 bits per heavy atom. The van der Waals surface area contributed by atoms with E-state index in [1.165, 1.54) is 20.2 Å². The van der Waals surface area contributed by atoms with Crippen molar-refractivity contribution in [1.82, 2.24) is 10.1 Å². The van der Waals surface area contributed by atoms with Crippen LogP contribution < -0.4 is 10.5 Å². The monoisotopic (exact) mass is 480 g/mol. The molecular weight excluding hydrogens is 457 g/mol. The molecule has 11 heteroatoms. The number of carbonyl (C=O) groups excluding carboxylic acids is 1. The van der Waals surface area contributed by atoms with E-state index in [1.807, 2.05) is 0 Å². The van der Waals surface area contributed by atoms with Crippen LogP contribution in [0.3, 0.4) is 0 Å². The van der Waals surface area contributed by atoms with Crippen molar-refractivity contribution < 1.29 is 27.5 Å². The number of hydrogen-bond donors (Lipinski definition) is 1. The molecule has 2 N–H and O–H groups in total. The van der Waals surface area contributed by atoms with Crippen molar-refractivity contribution >= 4 is 22.8 Å². The first-order valence-electron chi connectivity index (χ1n) is 10.2. The van der Waals surface area contributed by atoms with Crippen LogP contribution in [0, 0.1) is 30.3 Å². The largest absolute Gasteiger partial charge is 0.493 e. The molecule has 0 saturated carbocycles. The van der Waals surface area contributed by atoms with Crippen molar-refractivity contribution in [2.75, 3.05) is 27.3 Å². The maximum atomic E-state index is 14.8. The van der Waals surface area contributed by atoms with Gasteiger partial charge in [-0.25, -0.2) is 23.0 Å². The first-order valence-corrected chi connectivity index (χ1v) is 11.0. The number of nitrogens with two attached hydrogens (primary N) is 1. The number of ether oxygens (including phenoxy) is 1. The highest BCUT2D eigenvalue weighted by atomic mass is 32.2. The lowest BCUT2D eigenvalue weighted by Crippen LogP contribution is -2.54. The van der Waals surface area contributed by atoms with Gasteiger partial charge in [0.25, 0.3) is 0 Å². The van der Waals surface area contributed by atoms with Crippen LogP contribution in [-0.2, 0) is 9.71 Å². The van der Waals surface area contributed by atoms with E-state index in [2.05, 4.69) is 5.10 Å². The molecule has 2 aromatic carbocycles. The summed E-state index contributed by atoms with van der Waals surface area (Å²) in [5.41, 5.74) is 6.47. The van der Waals surface area contributed by atoms with Gasteiger partial charge in [-0.2, -0.15) is 10.1 Å². The standard InChI is InChI=1S/C22H23F3N4O3S/c1-12-8-19-16(10-18(12)25)22(13(6-7-26)11-32-19)29(21(30)28(2)31-3)27-20(33-22)15-9-14(23)4-5-17(15)24/h4-5,8-10,13H,6-7,11,26H2,1-3H3/t13-,22+/m1/s1. The van der Waals surface area contributed by atoms with Gasteiger partial charge >= 0.3 is 6.03 Å². The van der Waals surface area contributed by atoms with E-state index >= 15 is 0 Å². The second kappa shape index (κ2) is 8.88. The molecule has 2 amide bonds. The highest BCUT2D eigenvalue weighted by Crippen LogP contribution is 2.58. The molecule has 0 radical (unpaired) electrons. The molecule has 0 aromatic heterocycles. The second-order valence-corrected chi connectivity index (χ2v) is 9.00. The van der Waals surface area contributed by atoms with Crippen molar-refractivity contribution in [3.8, 4) is 5.75 Å². The van der Waals surface area contributed by atoms with E-state index < -0.39 is 34.3 Å². The van der Waals surface area contributed by atoms with Crippen LogP contribution in [0.25, 0.3) is 0 Å². The van der Waals surface area contributed by atoms with Gasteiger partial charge in [0.2, 0.25) is 0 Å². The lowest BCUT2D eigenvalue weighted by Gasteiger charge is -2.45. The Morgan fingerprint density at radius 2 is 2.09 bits per heavy atom. The van der Waals surface area contributed by atoms with Crippen LogP contribution in [0.15, 0.2) is 35.4 Å². The molecule has 1 spiro atoms. The predicted molar refractivity (Wildman–Crippen MR) is 118 cm³/mol. The number of nitrogens with zero attached hydrogens (tertiary/aromatic N) is 3. The van der Waals surface area contributed by atoms with E-state index in [0.717, 1.165) is 40.0 Å². The predicted octanol–water partition coefficient (Wildman–Crippen LogP) is 3.95. The van der Waals surface area contributed by atoms with E-state index in [1.54, 1.807) is 13.0 Å². The molecule has 0 saturated heterocycles. The zero-order valence-corrected chi connectivity index (χ0v) is 19.1. The van der Waals surface area contributed by atoms with Gasteiger partial charge in [-0.15, -0.1) is 0 Å². The molecule has 2 atom stereocenters. The number of halogens is 3. The number of hydrazone groups is 1. The Bertz CT molecular complexity index is 1130. The number of aryl methyl sites for hydroxylation is 1. The number of benzene rings is 2. The van der Waals surface area contributed by atoms with Crippen molar-refractivity contribution in [2.24, 2.45) is 16.8 Å². The van der Waals surface area contributed by atoms with Crippen LogP contribution in [0.1, 0.15) is 23.1 Å². The number of hydrogen-bond acceptors (Lipinski definition) is 6. The third-order valence-electron chi connectivity index (χ3n) is 5.80. The minimum Gasteiger partial charge on any atom is -0.493 e. The molecule has 2 aliphatic rings. The first kappa shape index (κ1) is 23.4. The second-order valence-electron chi connectivity index (χ2n) is 7.79. The van der Waals surface area contributed by atoms with E-state index in [4.69, 9.17) is 15.3 Å². The minimum absolute atomic E-state index is 0.0701. The maximum absolute atomic E-state index is 14.8. The van der Waals surface area contributed by atoms with Gasteiger partial charge < -0.3 is 10.5 Å². The van der Waals surface area contributed by atoms with Gasteiger partial charge in [0.1, 0.15) is 28.2 Å². The molecule has 7 nitrogen and oxygen atoms in total. The van der Waals surface area contributed by atoms with Crippen molar-refractivity contribution in [3.63, 3.8) is 0 Å². The Labute approximate surface area is 193 Å². The molecule has 0 bridgehead atoms. The number of urea groups is 1. The Balaban J connectivity index is 1.96. The number of fused-ring (bicyclic) bond motifs is 2. The lowest BCUT2D eigenvalue weighted by atomic mass is 9.86. The SMILES string of the molecule is CON(C)C(=O)N1N=C(c2cc(F)ccc2F)S[C@@]12c1cc(F)c(C)cc1OC[C@H]2CCN. The number of amides is 2. The van der Waals surface area contributed by atoms with Crippen LogP contribution in [0.4, 0.5) is 18.0 Å². The zero-order chi connectivity index (χ0) is 23.9. The molecule has 4 rings (SSSR count). The number of rotatable bonds is 4. The van der Waals surface area contributed by atoms with E-state index in [9.17, 15) is 18.0 Å². The van der Waals surface area contributed by atoms with Crippen LogP contribution in [0.5, 0.6) is 5.75 Å². The van der Waals surface area contributed by atoms with Gasteiger partial charge in [0, 0.05) is 24.1 Å². The number of carbonyl (C=O) groups is 1. The third kappa shape index (κ3) is 3.83. The molecule has 2 heterocycles. The number of thioether (sulfide) groups is 1. The summed E-state index contributed by atoms with van der Waals surface area (Å²) < 4.78 is 49.3. The topological polar surface area (TPSA) is 80.4 Å². The summed E-state index contributed by atoms with van der Waals surface area (Å²) in [6.07, 6.45) is 0.400. The highest BCUT2D eigenvalue weighted by molar-refractivity contribution is 8.15. The summed E-state index contributed by atoms with van der Waals surface area (Å²) >= 11 is 1.04. The average Bonchev–Trinajstić information content (AvgIpc) is 3.18. The van der Waals surface area contributed by atoms with Crippen molar-refractivity contribution in [1.29, 1.82) is 0 Å². The van der Waals surface area contributed by atoms with Crippen LogP contribution >= 0.6 is 11.8 Å². The quantitative estimate of drug-likeness (QED) is 0.671. The highest BCUT2D eigenvalue weighted by Gasteiger charge is 2.58. The number of hydroxylamine groups is 2. The zero-order valence-electron chi connectivity index (χ0n) is 18.3. The van der Waals surface area contributed by atoms with Crippen LogP contribution in [0.2, 0.25) is 0 Å². The van der Waals surface area contributed by atoms with Crippen molar-refractivity contribution in [2.45, 2.75) is 18.2 Å². The van der Waals surface area contributed by atoms with Gasteiger partial charge in [-0.05, 0) is 55.8 Å². The third-order valence-corrected chi connectivity index (χ3v) is 7.33. The summed E-state index contributed by atoms with van der Waals surface area (Å²) in [6.45, 7) is 2.02. The van der Waals surface area contributed by atoms with E-state index in [-0.39, 0.29) is 23.8 Å². The molecule has 2 aliphatic heterocycles. The van der Waals surface area contributed by atoms with Gasteiger partial charge in [-0.1, -0.05) is 11.8 Å². The normalized spacial score (nSPS) is 21.6. The van der Waals surface area contributed by atoms with Crippen molar-refractivity contribution in [3.05, 3.63) is 64.5 Å². The summed E-state index contributed by atoms with van der Waals surface area (Å²) in [6, 6.07) is 5.17. The van der Waals surface area contributed by atoms with Gasteiger partial charge in [-0.3, -0.25) is 4.84 Å². The summed E-state index contributed by atoms with van der Waals surface area (Å²) in [5, 5.41) is 6.57. The molecular formula is C22H23F3N4O3S. The smallest absolute Gasteiger partial charge is 0.365 e. The fourth-order valence-corrected chi connectivity index (χ4v) is 5.54. The fourth-order valence-electron chi connectivity index (χ4n) is 4.03. The molecule has 0 fully saturated rings. The summed E-state index contributed by atoms with van der Waals surface area (Å²) in [4.78, 5) is 17.1. The Kier molecular flexibility index (Phi) is 6.30. The van der Waals surface area contributed by atoms with E-state index in [0.29, 0.717) is 23.3 Å². The minimum atomic E-state index is -1.32. The summed E-state index contributed by atoms with van der Waals surface area (Å²) in [7, 11) is 2.70. The summed E-state index contributed by atoms with van der Waals surface area (Å²) in [5.74, 6) is -1.92. The molecule has 176 valence electrons. The first-order chi connectivity index (χ1) is 15.7. The van der Waals surface area contributed by atoms with Gasteiger partial charge in [0.05, 0.1) is 13.7 Å². The Hall–Kier alpha value is -2.76. The van der Waals surface area contributed by atoms with Crippen LogP contribution in [-0.4, -0.2) is 48.5 Å². The average molecular weight is 481 g/mol. The molecule has 2 aromatic rings. The fraction of sp³-hybridized carbons (Fsp3) is 0.364. The maximum Gasteiger partial charge on any atom is 0.365 e. The lowest BCUT2D eigenvalue weighted by molar-refractivity contribution is -0.0845. The molecule has 0 aliphatic carbocycles.